The molecule has 2 atom stereocenters. The Balaban J connectivity index is 2.03. The summed E-state index contributed by atoms with van der Waals surface area (Å²) < 4.78 is 0. The first-order chi connectivity index (χ1) is 8.20. The third-order valence-electron chi connectivity index (χ3n) is 2.73. The van der Waals surface area contributed by atoms with E-state index in [4.69, 9.17) is 0 Å². The maximum absolute atomic E-state index is 11.8. The Bertz CT molecular complexity index is 422. The summed E-state index contributed by atoms with van der Waals surface area (Å²) in [6.45, 7) is 0. The molecule has 1 aliphatic rings. The minimum atomic E-state index is -0.516. The molecule has 1 aliphatic heterocycles. The first-order valence-electron chi connectivity index (χ1n) is 5.46. The second kappa shape index (κ2) is 5.23. The number of thiol groups is 1. The van der Waals surface area contributed by atoms with Crippen molar-refractivity contribution < 1.29 is 9.59 Å². The van der Waals surface area contributed by atoms with Crippen LogP contribution in [0.5, 0.6) is 0 Å². The van der Waals surface area contributed by atoms with Gasteiger partial charge in [-0.2, -0.15) is 12.6 Å². The number of carbonyl (C=O) groups is 2. The van der Waals surface area contributed by atoms with Gasteiger partial charge >= 0.3 is 0 Å². The smallest absolute Gasteiger partial charge is 0.244 e. The van der Waals surface area contributed by atoms with Gasteiger partial charge in [-0.3, -0.25) is 9.59 Å². The lowest BCUT2D eigenvalue weighted by atomic mass is 10.0. The van der Waals surface area contributed by atoms with Crippen LogP contribution in [0.25, 0.3) is 0 Å². The minimum Gasteiger partial charge on any atom is -0.342 e. The summed E-state index contributed by atoms with van der Waals surface area (Å²) in [6, 6.07) is 8.61. The Morgan fingerprint density at radius 1 is 1.00 bits per heavy atom. The Morgan fingerprint density at radius 3 is 2.24 bits per heavy atom. The molecule has 0 aliphatic carbocycles. The number of carbonyl (C=O) groups excluding carboxylic acids is 2. The predicted octanol–water partition coefficient (Wildman–Crippen LogP) is 0.142. The van der Waals surface area contributed by atoms with E-state index in [0.717, 1.165) is 5.56 Å². The molecule has 0 unspecified atom stereocenters. The summed E-state index contributed by atoms with van der Waals surface area (Å²) in [5.41, 5.74) is 1.03. The quantitative estimate of drug-likeness (QED) is 0.668. The summed E-state index contributed by atoms with van der Waals surface area (Å²) in [4.78, 5) is 23.4. The van der Waals surface area contributed by atoms with E-state index >= 15 is 0 Å². The summed E-state index contributed by atoms with van der Waals surface area (Å²) in [5, 5.41) is 5.37. The number of benzene rings is 1. The molecular weight excluding hydrogens is 236 g/mol. The van der Waals surface area contributed by atoms with Crippen molar-refractivity contribution in [1.82, 2.24) is 10.6 Å². The Labute approximate surface area is 105 Å². The highest BCUT2D eigenvalue weighted by atomic mass is 32.1. The van der Waals surface area contributed by atoms with Gasteiger partial charge in [-0.15, -0.1) is 0 Å². The second-order valence-electron chi connectivity index (χ2n) is 3.99. The Kier molecular flexibility index (Phi) is 3.68. The van der Waals surface area contributed by atoms with E-state index in [-0.39, 0.29) is 11.8 Å². The lowest BCUT2D eigenvalue weighted by Gasteiger charge is -2.28. The monoisotopic (exact) mass is 250 g/mol. The highest BCUT2D eigenvalue weighted by Gasteiger charge is 2.32. The van der Waals surface area contributed by atoms with Crippen molar-refractivity contribution in [1.29, 1.82) is 0 Å². The summed E-state index contributed by atoms with van der Waals surface area (Å²) in [6.07, 6.45) is 0.512. The highest BCUT2D eigenvalue weighted by molar-refractivity contribution is 7.80. The molecule has 5 heteroatoms. The van der Waals surface area contributed by atoms with Crippen LogP contribution >= 0.6 is 12.6 Å². The molecule has 90 valence electrons. The summed E-state index contributed by atoms with van der Waals surface area (Å²) in [7, 11) is 0. The zero-order valence-corrected chi connectivity index (χ0v) is 10.1. The van der Waals surface area contributed by atoms with Crippen LogP contribution in [-0.4, -0.2) is 29.7 Å². The normalized spacial score (nSPS) is 24.1. The van der Waals surface area contributed by atoms with Crippen LogP contribution in [0.15, 0.2) is 30.3 Å². The topological polar surface area (TPSA) is 58.2 Å². The lowest BCUT2D eigenvalue weighted by Crippen LogP contribution is -2.62. The molecule has 4 nitrogen and oxygen atoms in total. The number of hydrogen-bond acceptors (Lipinski definition) is 3. The molecule has 2 amide bonds. The molecular formula is C12H14N2O2S. The van der Waals surface area contributed by atoms with Crippen LogP contribution in [0.2, 0.25) is 0 Å². The molecule has 1 aromatic carbocycles. The van der Waals surface area contributed by atoms with E-state index in [1.807, 2.05) is 30.3 Å². The van der Waals surface area contributed by atoms with Gasteiger partial charge in [0.2, 0.25) is 11.8 Å². The first-order valence-corrected chi connectivity index (χ1v) is 6.09. The van der Waals surface area contributed by atoms with E-state index in [1.165, 1.54) is 0 Å². The van der Waals surface area contributed by atoms with Crippen LogP contribution in [0.3, 0.4) is 0 Å². The third-order valence-corrected chi connectivity index (χ3v) is 3.10. The maximum atomic E-state index is 11.8. The van der Waals surface area contributed by atoms with Crippen molar-refractivity contribution in [2.75, 3.05) is 5.75 Å². The Hall–Kier alpha value is -1.49. The molecule has 2 N–H and O–H groups in total. The first kappa shape index (κ1) is 12.0. The molecule has 17 heavy (non-hydrogen) atoms. The van der Waals surface area contributed by atoms with Gasteiger partial charge in [-0.05, 0) is 5.56 Å². The van der Waals surface area contributed by atoms with Crippen molar-refractivity contribution in [3.8, 4) is 0 Å². The predicted molar refractivity (Wildman–Crippen MR) is 67.9 cm³/mol. The van der Waals surface area contributed by atoms with Gasteiger partial charge in [0.1, 0.15) is 12.1 Å². The number of amides is 2. The van der Waals surface area contributed by atoms with Crippen LogP contribution < -0.4 is 10.6 Å². The van der Waals surface area contributed by atoms with E-state index in [9.17, 15) is 9.59 Å². The maximum Gasteiger partial charge on any atom is 0.244 e. The SMILES string of the molecule is O=C1N[C@@H](Cc2ccccc2)C(=O)N[C@H]1CS. The van der Waals surface area contributed by atoms with Gasteiger partial charge < -0.3 is 10.6 Å². The van der Waals surface area contributed by atoms with E-state index in [1.54, 1.807) is 0 Å². The minimum absolute atomic E-state index is 0.146. The van der Waals surface area contributed by atoms with Gasteiger partial charge in [0, 0.05) is 12.2 Å². The van der Waals surface area contributed by atoms with Crippen LogP contribution in [0.1, 0.15) is 5.56 Å². The van der Waals surface area contributed by atoms with Gasteiger partial charge in [0.25, 0.3) is 0 Å². The van der Waals surface area contributed by atoms with E-state index in [0.29, 0.717) is 12.2 Å². The van der Waals surface area contributed by atoms with Crippen molar-refractivity contribution in [2.45, 2.75) is 18.5 Å². The lowest BCUT2D eigenvalue weighted by molar-refractivity contribution is -0.136. The van der Waals surface area contributed by atoms with E-state index in [2.05, 4.69) is 23.3 Å². The molecule has 1 fully saturated rings. The number of piperazine rings is 1. The molecule has 0 aromatic heterocycles. The third kappa shape index (κ3) is 2.79. The average molecular weight is 250 g/mol. The van der Waals surface area contributed by atoms with Gasteiger partial charge in [-0.25, -0.2) is 0 Å². The fourth-order valence-corrected chi connectivity index (χ4v) is 2.05. The molecule has 1 heterocycles. The van der Waals surface area contributed by atoms with Gasteiger partial charge in [0.05, 0.1) is 0 Å². The van der Waals surface area contributed by atoms with Crippen molar-refractivity contribution in [3.63, 3.8) is 0 Å². The molecule has 0 saturated carbocycles. The number of hydrogen-bond donors (Lipinski definition) is 3. The van der Waals surface area contributed by atoms with Crippen LogP contribution in [-0.2, 0) is 16.0 Å². The fraction of sp³-hybridized carbons (Fsp3) is 0.333. The number of rotatable bonds is 3. The summed E-state index contributed by atoms with van der Waals surface area (Å²) >= 11 is 4.02. The largest absolute Gasteiger partial charge is 0.342 e. The average Bonchev–Trinajstić information content (AvgIpc) is 2.34. The van der Waals surface area contributed by atoms with Crippen molar-refractivity contribution >= 4 is 24.4 Å². The molecule has 0 radical (unpaired) electrons. The van der Waals surface area contributed by atoms with Crippen LogP contribution in [0, 0.1) is 0 Å². The Morgan fingerprint density at radius 2 is 1.59 bits per heavy atom. The second-order valence-corrected chi connectivity index (χ2v) is 4.36. The molecule has 2 rings (SSSR count). The molecule has 0 spiro atoms. The van der Waals surface area contributed by atoms with Crippen molar-refractivity contribution in [3.05, 3.63) is 35.9 Å². The summed E-state index contributed by atoms with van der Waals surface area (Å²) in [5.74, 6) is 0.00310. The zero-order chi connectivity index (χ0) is 12.3. The fourth-order valence-electron chi connectivity index (χ4n) is 1.80. The number of nitrogens with one attached hydrogen (secondary N) is 2. The van der Waals surface area contributed by atoms with Crippen LogP contribution in [0.4, 0.5) is 0 Å². The van der Waals surface area contributed by atoms with E-state index < -0.39 is 12.1 Å². The molecule has 1 saturated heterocycles. The van der Waals surface area contributed by atoms with Gasteiger partial charge in [0.15, 0.2) is 0 Å². The molecule has 0 bridgehead atoms. The molecule has 1 aromatic rings. The van der Waals surface area contributed by atoms with Gasteiger partial charge in [-0.1, -0.05) is 30.3 Å². The zero-order valence-electron chi connectivity index (χ0n) is 9.22. The standard InChI is InChI=1S/C12H14N2O2S/c15-11-9(6-8-4-2-1-3-5-8)13-12(16)10(7-17)14-11/h1-5,9-10,17H,6-7H2,(H,13,16)(H,14,15)/t9-,10-/m0/s1. The van der Waals surface area contributed by atoms with Crippen molar-refractivity contribution in [2.24, 2.45) is 0 Å². The highest BCUT2D eigenvalue weighted by Crippen LogP contribution is 2.07.